The van der Waals surface area contributed by atoms with Crippen molar-refractivity contribution in [2.45, 2.75) is 13.0 Å². The fourth-order valence-corrected chi connectivity index (χ4v) is 2.59. The normalized spacial score (nSPS) is 19.4. The van der Waals surface area contributed by atoms with Gasteiger partial charge in [0.05, 0.1) is 11.3 Å². The van der Waals surface area contributed by atoms with Crippen LogP contribution in [0.1, 0.15) is 17.3 Å². The van der Waals surface area contributed by atoms with Gasteiger partial charge in [-0.1, -0.05) is 15.9 Å². The van der Waals surface area contributed by atoms with Crippen LogP contribution in [0.25, 0.3) is 0 Å². The number of likely N-dealkylation sites (N-methyl/N-ethyl adjacent to an activating group) is 1. The summed E-state index contributed by atoms with van der Waals surface area (Å²) in [6.45, 7) is 4.12. The van der Waals surface area contributed by atoms with Crippen LogP contribution in [0.2, 0.25) is 0 Å². The number of carboxylic acid groups (broad SMARTS) is 1. The Morgan fingerprint density at radius 2 is 2.10 bits per heavy atom. The van der Waals surface area contributed by atoms with Gasteiger partial charge in [0.2, 0.25) is 0 Å². The number of anilines is 1. The van der Waals surface area contributed by atoms with E-state index in [0.717, 1.165) is 6.54 Å². The van der Waals surface area contributed by atoms with Crippen molar-refractivity contribution in [1.29, 1.82) is 0 Å². The van der Waals surface area contributed by atoms with Crippen molar-refractivity contribution in [3.05, 3.63) is 28.2 Å². The van der Waals surface area contributed by atoms with E-state index in [9.17, 15) is 14.7 Å². The van der Waals surface area contributed by atoms with Crippen molar-refractivity contribution in [3.8, 4) is 0 Å². The number of nitrogens with zero attached hydrogens (tertiary/aromatic N) is 2. The summed E-state index contributed by atoms with van der Waals surface area (Å²) in [6, 6.07) is 4.79. The summed E-state index contributed by atoms with van der Waals surface area (Å²) in [5.41, 5.74) is 0.377. The fraction of sp³-hybridized carbons (Fsp3) is 0.429. The molecule has 1 unspecified atom stereocenters. The molecule has 0 radical (unpaired) electrons. The highest BCUT2D eigenvalue weighted by Gasteiger charge is 2.25. The molecule has 21 heavy (non-hydrogen) atoms. The molecule has 1 fully saturated rings. The lowest BCUT2D eigenvalue weighted by molar-refractivity contribution is 0.0698. The molecule has 1 saturated heterocycles. The third kappa shape index (κ3) is 3.74. The molecule has 1 aliphatic heterocycles. The van der Waals surface area contributed by atoms with Crippen LogP contribution in [0.5, 0.6) is 0 Å². The highest BCUT2D eigenvalue weighted by atomic mass is 79.9. The molecule has 7 heteroatoms. The van der Waals surface area contributed by atoms with Gasteiger partial charge in [-0.15, -0.1) is 0 Å². The number of benzene rings is 1. The van der Waals surface area contributed by atoms with Crippen molar-refractivity contribution >= 4 is 33.6 Å². The summed E-state index contributed by atoms with van der Waals surface area (Å²) >= 11 is 3.23. The maximum absolute atomic E-state index is 12.3. The second-order valence-corrected chi connectivity index (χ2v) is 6.12. The zero-order chi connectivity index (χ0) is 15.6. The monoisotopic (exact) mass is 355 g/mol. The van der Waals surface area contributed by atoms with Crippen LogP contribution in [0, 0.1) is 0 Å². The summed E-state index contributed by atoms with van der Waals surface area (Å²) in [5.74, 6) is -1.07. The van der Waals surface area contributed by atoms with Gasteiger partial charge in [-0.05, 0) is 32.2 Å². The Kier molecular flexibility index (Phi) is 4.84. The number of hydrogen-bond donors (Lipinski definition) is 2. The number of carbonyl (C=O) groups is 2. The van der Waals surface area contributed by atoms with Crippen LogP contribution >= 0.6 is 15.9 Å². The van der Waals surface area contributed by atoms with Crippen molar-refractivity contribution < 1.29 is 14.7 Å². The average Bonchev–Trinajstić information content (AvgIpc) is 2.43. The average molecular weight is 356 g/mol. The van der Waals surface area contributed by atoms with Gasteiger partial charge in [0.15, 0.2) is 0 Å². The first-order chi connectivity index (χ1) is 9.88. The summed E-state index contributed by atoms with van der Waals surface area (Å²) in [7, 11) is 2.02. The minimum atomic E-state index is -1.07. The van der Waals surface area contributed by atoms with Gasteiger partial charge in [0.1, 0.15) is 0 Å². The Labute approximate surface area is 131 Å². The van der Waals surface area contributed by atoms with E-state index >= 15 is 0 Å². The summed E-state index contributed by atoms with van der Waals surface area (Å²) in [6.07, 6.45) is 0. The molecular formula is C14H18BrN3O3. The first-order valence-electron chi connectivity index (χ1n) is 6.67. The van der Waals surface area contributed by atoms with Crippen LogP contribution in [0.15, 0.2) is 22.7 Å². The molecule has 1 aromatic carbocycles. The van der Waals surface area contributed by atoms with E-state index in [0.29, 0.717) is 23.2 Å². The lowest BCUT2D eigenvalue weighted by atomic mass is 10.2. The van der Waals surface area contributed by atoms with Gasteiger partial charge in [-0.25, -0.2) is 9.59 Å². The Morgan fingerprint density at radius 3 is 2.71 bits per heavy atom. The smallest absolute Gasteiger partial charge is 0.337 e. The Morgan fingerprint density at radius 1 is 1.38 bits per heavy atom. The molecule has 0 spiro atoms. The number of nitrogens with one attached hydrogen (secondary N) is 1. The van der Waals surface area contributed by atoms with Gasteiger partial charge in [0.25, 0.3) is 0 Å². The van der Waals surface area contributed by atoms with E-state index in [1.165, 1.54) is 6.07 Å². The number of aromatic carboxylic acids is 1. The molecular weight excluding hydrogens is 338 g/mol. The molecule has 1 heterocycles. The third-order valence-electron chi connectivity index (χ3n) is 3.70. The Balaban J connectivity index is 2.11. The number of piperazine rings is 1. The standard InChI is InChI=1S/C14H18BrN3O3/c1-9-8-18(6-5-17(9)2)14(21)16-12-4-3-10(15)7-11(12)13(19)20/h3-4,7,9H,5-6,8H2,1-2H3,(H,16,21)(H,19,20). The largest absolute Gasteiger partial charge is 0.478 e. The molecule has 1 aliphatic rings. The predicted octanol–water partition coefficient (Wildman–Crippen LogP) is 2.32. The molecule has 6 nitrogen and oxygen atoms in total. The maximum Gasteiger partial charge on any atom is 0.337 e. The van der Waals surface area contributed by atoms with Crippen molar-refractivity contribution in [2.24, 2.45) is 0 Å². The molecule has 1 atom stereocenters. The zero-order valence-corrected chi connectivity index (χ0v) is 13.6. The number of urea groups is 1. The van der Waals surface area contributed by atoms with Crippen LogP contribution in [0.3, 0.4) is 0 Å². The highest BCUT2D eigenvalue weighted by Crippen LogP contribution is 2.22. The first-order valence-corrected chi connectivity index (χ1v) is 7.47. The van der Waals surface area contributed by atoms with Gasteiger partial charge < -0.3 is 20.2 Å². The van der Waals surface area contributed by atoms with Gasteiger partial charge in [0, 0.05) is 30.1 Å². The van der Waals surface area contributed by atoms with E-state index in [1.54, 1.807) is 17.0 Å². The van der Waals surface area contributed by atoms with Crippen LogP contribution in [-0.4, -0.2) is 59.6 Å². The van der Waals surface area contributed by atoms with Gasteiger partial charge >= 0.3 is 12.0 Å². The number of amides is 2. The molecule has 2 N–H and O–H groups in total. The number of carboxylic acids is 1. The van der Waals surface area contributed by atoms with Gasteiger partial charge in [-0.2, -0.15) is 0 Å². The lowest BCUT2D eigenvalue weighted by Gasteiger charge is -2.37. The van der Waals surface area contributed by atoms with Crippen LogP contribution in [-0.2, 0) is 0 Å². The number of carbonyl (C=O) groups excluding carboxylic acids is 1. The SMILES string of the molecule is CC1CN(C(=O)Nc2ccc(Br)cc2C(=O)O)CCN1C. The summed E-state index contributed by atoms with van der Waals surface area (Å²) in [5, 5.41) is 11.9. The van der Waals surface area contributed by atoms with Gasteiger partial charge in [-0.3, -0.25) is 0 Å². The van der Waals surface area contributed by atoms with E-state index < -0.39 is 5.97 Å². The second-order valence-electron chi connectivity index (χ2n) is 5.20. The maximum atomic E-state index is 12.3. The third-order valence-corrected chi connectivity index (χ3v) is 4.19. The predicted molar refractivity (Wildman–Crippen MR) is 83.8 cm³/mol. The zero-order valence-electron chi connectivity index (χ0n) is 12.0. The molecule has 0 saturated carbocycles. The van der Waals surface area contributed by atoms with E-state index in [4.69, 9.17) is 0 Å². The van der Waals surface area contributed by atoms with Crippen LogP contribution < -0.4 is 5.32 Å². The second kappa shape index (κ2) is 6.44. The fourth-order valence-electron chi connectivity index (χ4n) is 2.23. The first kappa shape index (κ1) is 15.8. The highest BCUT2D eigenvalue weighted by molar-refractivity contribution is 9.10. The molecule has 2 amide bonds. The van der Waals surface area contributed by atoms with Crippen LogP contribution in [0.4, 0.5) is 10.5 Å². The van der Waals surface area contributed by atoms with Crippen molar-refractivity contribution in [2.75, 3.05) is 32.0 Å². The topological polar surface area (TPSA) is 72.9 Å². The summed E-state index contributed by atoms with van der Waals surface area (Å²) < 4.78 is 0.658. The molecule has 0 bridgehead atoms. The molecule has 0 aliphatic carbocycles. The van der Waals surface area contributed by atoms with Crippen molar-refractivity contribution in [3.63, 3.8) is 0 Å². The quantitative estimate of drug-likeness (QED) is 0.853. The number of rotatable bonds is 2. The minimum absolute atomic E-state index is 0.0694. The molecule has 1 aromatic rings. The van der Waals surface area contributed by atoms with E-state index in [-0.39, 0.29) is 17.6 Å². The van der Waals surface area contributed by atoms with E-state index in [1.807, 2.05) is 7.05 Å². The van der Waals surface area contributed by atoms with E-state index in [2.05, 4.69) is 33.1 Å². The lowest BCUT2D eigenvalue weighted by Crippen LogP contribution is -2.53. The Bertz CT molecular complexity index is 564. The number of hydrogen-bond acceptors (Lipinski definition) is 3. The molecule has 2 rings (SSSR count). The molecule has 114 valence electrons. The minimum Gasteiger partial charge on any atom is -0.478 e. The Hall–Kier alpha value is -1.60. The summed E-state index contributed by atoms with van der Waals surface area (Å²) in [4.78, 5) is 27.4. The molecule has 0 aromatic heterocycles. The number of halogens is 1. The van der Waals surface area contributed by atoms with Crippen molar-refractivity contribution in [1.82, 2.24) is 9.80 Å².